The molecule has 3 aromatic rings. The van der Waals surface area contributed by atoms with E-state index < -0.39 is 10.0 Å². The topological polar surface area (TPSA) is 86.4 Å². The molecule has 0 atom stereocenters. The van der Waals surface area contributed by atoms with Crippen LogP contribution in [0.2, 0.25) is 4.34 Å². The van der Waals surface area contributed by atoms with E-state index in [0.717, 1.165) is 22.2 Å². The van der Waals surface area contributed by atoms with Crippen molar-refractivity contribution in [3.63, 3.8) is 0 Å². The lowest BCUT2D eigenvalue weighted by Gasteiger charge is -2.33. The predicted molar refractivity (Wildman–Crippen MR) is 100 cm³/mol. The van der Waals surface area contributed by atoms with E-state index in [0.29, 0.717) is 23.1 Å². The molecule has 0 bridgehead atoms. The molecule has 7 nitrogen and oxygen atoms in total. The minimum Gasteiger partial charge on any atom is -0.335 e. The van der Waals surface area contributed by atoms with Gasteiger partial charge in [-0.05, 0) is 18.2 Å². The quantitative estimate of drug-likeness (QED) is 0.718. The Bertz CT molecular complexity index is 1070. The van der Waals surface area contributed by atoms with Crippen molar-refractivity contribution in [3.05, 3.63) is 46.4 Å². The third kappa shape index (κ3) is 3.01. The van der Waals surface area contributed by atoms with Crippen LogP contribution in [0.1, 0.15) is 10.5 Å². The predicted octanol–water partition coefficient (Wildman–Crippen LogP) is 2.42. The Balaban J connectivity index is 1.49. The van der Waals surface area contributed by atoms with Crippen molar-refractivity contribution >= 4 is 49.8 Å². The Labute approximate surface area is 159 Å². The smallest absolute Gasteiger partial charge is 0.275 e. The Kier molecular flexibility index (Phi) is 4.47. The first-order valence-electron chi connectivity index (χ1n) is 7.95. The molecule has 1 aliphatic rings. The zero-order chi connectivity index (χ0) is 18.3. The minimum atomic E-state index is -3.57. The zero-order valence-electron chi connectivity index (χ0n) is 13.6. The van der Waals surface area contributed by atoms with E-state index in [4.69, 9.17) is 11.6 Å². The molecule has 0 unspecified atom stereocenters. The third-order valence-corrected chi connectivity index (χ3v) is 7.94. The molecule has 4 rings (SSSR count). The van der Waals surface area contributed by atoms with Gasteiger partial charge in [-0.1, -0.05) is 29.8 Å². The molecular formula is C16H15ClN4O3S2. The maximum Gasteiger partial charge on any atom is 0.275 e. The number of piperazine rings is 1. The summed E-state index contributed by atoms with van der Waals surface area (Å²) >= 11 is 6.88. The van der Waals surface area contributed by atoms with Gasteiger partial charge in [0.1, 0.15) is 4.21 Å². The number of thiophene rings is 1. The van der Waals surface area contributed by atoms with Crippen LogP contribution >= 0.6 is 22.9 Å². The van der Waals surface area contributed by atoms with Crippen LogP contribution in [0.3, 0.4) is 0 Å². The number of nitrogens with zero attached hydrogens (tertiary/aromatic N) is 3. The number of nitrogens with one attached hydrogen (secondary N) is 1. The molecule has 0 radical (unpaired) electrons. The lowest BCUT2D eigenvalue weighted by atomic mass is 10.2. The molecule has 1 aliphatic heterocycles. The number of carbonyl (C=O) groups excluding carboxylic acids is 1. The molecule has 0 aliphatic carbocycles. The normalized spacial score (nSPS) is 16.3. The number of amides is 1. The summed E-state index contributed by atoms with van der Waals surface area (Å²) in [6, 6.07) is 10.5. The Morgan fingerprint density at radius 2 is 1.85 bits per heavy atom. The molecule has 1 N–H and O–H groups in total. The molecule has 10 heteroatoms. The number of aromatic nitrogens is 2. The molecule has 2 aromatic heterocycles. The van der Waals surface area contributed by atoms with Gasteiger partial charge in [-0.15, -0.1) is 11.3 Å². The first-order valence-corrected chi connectivity index (χ1v) is 10.6. The molecule has 0 spiro atoms. The van der Waals surface area contributed by atoms with E-state index in [1.807, 2.05) is 24.3 Å². The molecule has 136 valence electrons. The average molecular weight is 411 g/mol. The summed E-state index contributed by atoms with van der Waals surface area (Å²) in [6.07, 6.45) is 0. The molecule has 26 heavy (non-hydrogen) atoms. The number of sulfonamides is 1. The highest BCUT2D eigenvalue weighted by molar-refractivity contribution is 7.91. The standard InChI is InChI=1S/C16H15ClN4O3S2/c17-13-5-6-14(25-13)26(23,24)21-9-7-20(8-10-21)16(22)15-11-3-1-2-4-12(11)18-19-15/h1-6H,7-10H2,(H,18,19). The molecule has 0 saturated carbocycles. The van der Waals surface area contributed by atoms with Crippen molar-refractivity contribution in [2.75, 3.05) is 26.2 Å². The van der Waals surface area contributed by atoms with Crippen LogP contribution in [0, 0.1) is 0 Å². The third-order valence-electron chi connectivity index (χ3n) is 4.34. The van der Waals surface area contributed by atoms with Crippen molar-refractivity contribution in [1.82, 2.24) is 19.4 Å². The largest absolute Gasteiger partial charge is 0.335 e. The lowest BCUT2D eigenvalue weighted by Crippen LogP contribution is -2.50. The van der Waals surface area contributed by atoms with Gasteiger partial charge in [0.05, 0.1) is 9.85 Å². The van der Waals surface area contributed by atoms with Gasteiger partial charge in [-0.25, -0.2) is 8.42 Å². The second-order valence-corrected chi connectivity index (χ2v) is 9.75. The molecule has 1 saturated heterocycles. The van der Waals surface area contributed by atoms with Gasteiger partial charge < -0.3 is 4.90 Å². The minimum absolute atomic E-state index is 0.196. The van der Waals surface area contributed by atoms with Gasteiger partial charge in [0.15, 0.2) is 5.69 Å². The number of aromatic amines is 1. The lowest BCUT2D eigenvalue weighted by molar-refractivity contribution is 0.0694. The maximum atomic E-state index is 12.8. The first kappa shape index (κ1) is 17.5. The summed E-state index contributed by atoms with van der Waals surface area (Å²) in [4.78, 5) is 14.4. The summed E-state index contributed by atoms with van der Waals surface area (Å²) < 4.78 is 27.3. The summed E-state index contributed by atoms with van der Waals surface area (Å²) in [7, 11) is -3.57. The van der Waals surface area contributed by atoms with Crippen molar-refractivity contribution in [1.29, 1.82) is 0 Å². The fraction of sp³-hybridized carbons (Fsp3) is 0.250. The molecular weight excluding hydrogens is 396 g/mol. The van der Waals surface area contributed by atoms with Crippen molar-refractivity contribution < 1.29 is 13.2 Å². The van der Waals surface area contributed by atoms with Crippen molar-refractivity contribution in [3.8, 4) is 0 Å². The molecule has 1 aromatic carbocycles. The van der Waals surface area contributed by atoms with Crippen LogP contribution in [-0.4, -0.2) is 59.9 Å². The van der Waals surface area contributed by atoms with Gasteiger partial charge >= 0.3 is 0 Å². The van der Waals surface area contributed by atoms with E-state index in [-0.39, 0.29) is 23.2 Å². The number of hydrogen-bond acceptors (Lipinski definition) is 5. The number of para-hydroxylation sites is 1. The number of H-pyrrole nitrogens is 1. The van der Waals surface area contributed by atoms with E-state index >= 15 is 0 Å². The fourth-order valence-electron chi connectivity index (χ4n) is 2.97. The number of fused-ring (bicyclic) bond motifs is 1. The number of carbonyl (C=O) groups is 1. The Hall–Kier alpha value is -1.94. The van der Waals surface area contributed by atoms with Crippen LogP contribution in [0.25, 0.3) is 10.9 Å². The fourth-order valence-corrected chi connectivity index (χ4v) is 6.03. The van der Waals surface area contributed by atoms with Gasteiger partial charge in [0.2, 0.25) is 0 Å². The van der Waals surface area contributed by atoms with Crippen molar-refractivity contribution in [2.24, 2.45) is 0 Å². The van der Waals surface area contributed by atoms with Crippen LogP contribution in [0.5, 0.6) is 0 Å². The summed E-state index contributed by atoms with van der Waals surface area (Å²) in [5.74, 6) is -0.196. The number of rotatable bonds is 3. The average Bonchev–Trinajstić information content (AvgIpc) is 3.28. The summed E-state index contributed by atoms with van der Waals surface area (Å²) in [5.41, 5.74) is 1.16. The highest BCUT2D eigenvalue weighted by atomic mass is 35.5. The summed E-state index contributed by atoms with van der Waals surface area (Å²) in [6.45, 7) is 1.12. The van der Waals surface area contributed by atoms with Crippen molar-refractivity contribution in [2.45, 2.75) is 4.21 Å². The van der Waals surface area contributed by atoms with E-state index in [1.165, 1.54) is 10.4 Å². The molecule has 1 amide bonds. The Morgan fingerprint density at radius 1 is 1.12 bits per heavy atom. The van der Waals surface area contributed by atoms with Crippen LogP contribution < -0.4 is 0 Å². The van der Waals surface area contributed by atoms with Gasteiger partial charge in [-0.2, -0.15) is 9.40 Å². The number of benzene rings is 1. The Morgan fingerprint density at radius 3 is 2.54 bits per heavy atom. The second-order valence-electron chi connectivity index (χ2n) is 5.87. The van der Waals surface area contributed by atoms with Crippen LogP contribution in [0.15, 0.2) is 40.6 Å². The highest BCUT2D eigenvalue weighted by Crippen LogP contribution is 2.28. The van der Waals surface area contributed by atoms with Crippen LogP contribution in [-0.2, 0) is 10.0 Å². The second kappa shape index (κ2) is 6.66. The van der Waals surface area contributed by atoms with E-state index in [9.17, 15) is 13.2 Å². The highest BCUT2D eigenvalue weighted by Gasteiger charge is 2.32. The van der Waals surface area contributed by atoms with Gasteiger partial charge in [0.25, 0.3) is 15.9 Å². The molecule has 1 fully saturated rings. The number of halogens is 1. The number of hydrogen-bond donors (Lipinski definition) is 1. The summed E-state index contributed by atoms with van der Waals surface area (Å²) in [5, 5.41) is 7.74. The zero-order valence-corrected chi connectivity index (χ0v) is 15.9. The van der Waals surface area contributed by atoms with Crippen LogP contribution in [0.4, 0.5) is 0 Å². The maximum absolute atomic E-state index is 12.8. The SMILES string of the molecule is O=C(c1n[nH]c2ccccc12)N1CCN(S(=O)(=O)c2ccc(Cl)s2)CC1. The van der Waals surface area contributed by atoms with Gasteiger partial charge in [0, 0.05) is 31.6 Å². The first-order chi connectivity index (χ1) is 12.5. The monoisotopic (exact) mass is 410 g/mol. The van der Waals surface area contributed by atoms with E-state index in [2.05, 4.69) is 10.2 Å². The van der Waals surface area contributed by atoms with E-state index in [1.54, 1.807) is 11.0 Å². The van der Waals surface area contributed by atoms with Gasteiger partial charge in [-0.3, -0.25) is 9.89 Å². The molecule has 3 heterocycles.